The van der Waals surface area contributed by atoms with Gasteiger partial charge in [-0.3, -0.25) is 0 Å². The van der Waals surface area contributed by atoms with E-state index in [2.05, 4.69) is 6.92 Å². The Hall–Kier alpha value is -1.77. The zero-order valence-electron chi connectivity index (χ0n) is 13.3. The summed E-state index contributed by atoms with van der Waals surface area (Å²) in [6.07, 6.45) is 10.7. The van der Waals surface area contributed by atoms with Crippen LogP contribution in [0.25, 0.3) is 6.08 Å². The van der Waals surface area contributed by atoms with E-state index in [0.29, 0.717) is 5.92 Å². The van der Waals surface area contributed by atoms with Gasteiger partial charge in [-0.2, -0.15) is 0 Å². The van der Waals surface area contributed by atoms with Gasteiger partial charge in [0.1, 0.15) is 5.75 Å². The lowest BCUT2D eigenvalue weighted by Gasteiger charge is -2.28. The van der Waals surface area contributed by atoms with Gasteiger partial charge in [0, 0.05) is 6.08 Å². The second-order valence-corrected chi connectivity index (χ2v) is 6.23. The van der Waals surface area contributed by atoms with E-state index in [-0.39, 0.29) is 0 Å². The van der Waals surface area contributed by atoms with Gasteiger partial charge < -0.3 is 9.84 Å². The minimum Gasteiger partial charge on any atom is -0.493 e. The number of carbonyl (C=O) groups is 1. The summed E-state index contributed by atoms with van der Waals surface area (Å²) in [4.78, 5) is 10.5. The smallest absolute Gasteiger partial charge is 0.328 e. The van der Waals surface area contributed by atoms with Gasteiger partial charge >= 0.3 is 5.97 Å². The van der Waals surface area contributed by atoms with Crippen LogP contribution in [0.1, 0.15) is 51.0 Å². The first-order valence-electron chi connectivity index (χ1n) is 8.31. The molecule has 0 bridgehead atoms. The SMILES string of the molecule is CCCC1CCC(COc2ccc(/C=C/C(=O)O)cc2)CC1. The second kappa shape index (κ2) is 8.62. The van der Waals surface area contributed by atoms with Gasteiger partial charge in [0.05, 0.1) is 6.61 Å². The third kappa shape index (κ3) is 5.55. The number of hydrogen-bond acceptors (Lipinski definition) is 2. The molecule has 1 aliphatic rings. The van der Waals surface area contributed by atoms with Gasteiger partial charge in [-0.1, -0.05) is 44.7 Å². The van der Waals surface area contributed by atoms with Gasteiger partial charge in [-0.05, 0) is 48.4 Å². The van der Waals surface area contributed by atoms with E-state index in [9.17, 15) is 4.79 Å². The predicted molar refractivity (Wildman–Crippen MR) is 89.0 cm³/mol. The second-order valence-electron chi connectivity index (χ2n) is 6.23. The third-order valence-corrected chi connectivity index (χ3v) is 4.45. The van der Waals surface area contributed by atoms with E-state index in [4.69, 9.17) is 9.84 Å². The Morgan fingerprint density at radius 3 is 2.41 bits per heavy atom. The van der Waals surface area contributed by atoms with E-state index in [1.807, 2.05) is 24.3 Å². The molecule has 0 atom stereocenters. The van der Waals surface area contributed by atoms with Crippen molar-refractivity contribution in [3.05, 3.63) is 35.9 Å². The topological polar surface area (TPSA) is 46.5 Å². The van der Waals surface area contributed by atoms with Crippen molar-refractivity contribution >= 4 is 12.0 Å². The normalized spacial score (nSPS) is 21.9. The molecular weight excluding hydrogens is 276 g/mol. The fourth-order valence-corrected chi connectivity index (χ4v) is 3.15. The van der Waals surface area contributed by atoms with Crippen LogP contribution in [0.5, 0.6) is 5.75 Å². The summed E-state index contributed by atoms with van der Waals surface area (Å²) < 4.78 is 5.88. The zero-order chi connectivity index (χ0) is 15.8. The molecule has 0 aliphatic heterocycles. The maximum atomic E-state index is 10.5. The lowest BCUT2D eigenvalue weighted by Crippen LogP contribution is -2.20. The molecule has 3 heteroatoms. The maximum absolute atomic E-state index is 10.5. The maximum Gasteiger partial charge on any atom is 0.328 e. The quantitative estimate of drug-likeness (QED) is 0.738. The van der Waals surface area contributed by atoms with Gasteiger partial charge in [0.25, 0.3) is 0 Å². The van der Waals surface area contributed by atoms with Gasteiger partial charge in [0.15, 0.2) is 0 Å². The Labute approximate surface area is 133 Å². The minimum absolute atomic E-state index is 0.680. The number of carboxylic acids is 1. The fourth-order valence-electron chi connectivity index (χ4n) is 3.15. The highest BCUT2D eigenvalue weighted by molar-refractivity contribution is 5.85. The number of ether oxygens (including phenoxy) is 1. The number of carboxylic acid groups (broad SMARTS) is 1. The van der Waals surface area contributed by atoms with E-state index in [0.717, 1.165) is 29.9 Å². The molecule has 3 nitrogen and oxygen atoms in total. The Morgan fingerprint density at radius 2 is 1.82 bits per heavy atom. The molecule has 0 aromatic heterocycles. The lowest BCUT2D eigenvalue weighted by molar-refractivity contribution is -0.131. The average molecular weight is 302 g/mol. The molecular formula is C19H26O3. The molecule has 1 saturated carbocycles. The largest absolute Gasteiger partial charge is 0.493 e. The molecule has 22 heavy (non-hydrogen) atoms. The third-order valence-electron chi connectivity index (χ3n) is 4.45. The molecule has 1 fully saturated rings. The first-order valence-corrected chi connectivity index (χ1v) is 8.31. The highest BCUT2D eigenvalue weighted by atomic mass is 16.5. The van der Waals surface area contributed by atoms with E-state index in [1.54, 1.807) is 6.08 Å². The highest BCUT2D eigenvalue weighted by Gasteiger charge is 2.20. The molecule has 0 radical (unpaired) electrons. The van der Waals surface area contributed by atoms with Crippen molar-refractivity contribution in [1.82, 2.24) is 0 Å². The van der Waals surface area contributed by atoms with Crippen LogP contribution in [0.4, 0.5) is 0 Å². The van der Waals surface area contributed by atoms with Crippen LogP contribution < -0.4 is 4.74 Å². The van der Waals surface area contributed by atoms with Crippen molar-refractivity contribution in [2.75, 3.05) is 6.61 Å². The summed E-state index contributed by atoms with van der Waals surface area (Å²) >= 11 is 0. The molecule has 1 aromatic rings. The van der Waals surface area contributed by atoms with Crippen molar-refractivity contribution < 1.29 is 14.6 Å². The molecule has 2 rings (SSSR count). The molecule has 120 valence electrons. The van der Waals surface area contributed by atoms with Crippen LogP contribution in [0.3, 0.4) is 0 Å². The first-order chi connectivity index (χ1) is 10.7. The monoisotopic (exact) mass is 302 g/mol. The van der Waals surface area contributed by atoms with Crippen LogP contribution in [0.15, 0.2) is 30.3 Å². The summed E-state index contributed by atoms with van der Waals surface area (Å²) in [5.41, 5.74) is 0.870. The predicted octanol–water partition coefficient (Wildman–Crippen LogP) is 4.77. The fraction of sp³-hybridized carbons (Fsp3) is 0.526. The number of hydrogen-bond donors (Lipinski definition) is 1. The number of aliphatic carboxylic acids is 1. The van der Waals surface area contributed by atoms with E-state index in [1.165, 1.54) is 38.5 Å². The van der Waals surface area contributed by atoms with Gasteiger partial charge in [0.2, 0.25) is 0 Å². The van der Waals surface area contributed by atoms with Crippen molar-refractivity contribution in [3.63, 3.8) is 0 Å². The summed E-state index contributed by atoms with van der Waals surface area (Å²) in [5.74, 6) is 1.54. The number of rotatable bonds is 7. The Bertz CT molecular complexity index is 482. The van der Waals surface area contributed by atoms with Crippen LogP contribution in [-0.2, 0) is 4.79 Å². The van der Waals surface area contributed by atoms with Crippen molar-refractivity contribution in [3.8, 4) is 5.75 Å². The van der Waals surface area contributed by atoms with Crippen LogP contribution in [0, 0.1) is 11.8 Å². The van der Waals surface area contributed by atoms with Crippen LogP contribution in [-0.4, -0.2) is 17.7 Å². The standard InChI is InChI=1S/C19H26O3/c1-2-3-15-4-6-17(7-5-15)14-22-18-11-8-16(9-12-18)10-13-19(20)21/h8-13,15,17H,2-7,14H2,1H3,(H,20,21)/b13-10+. The first kappa shape index (κ1) is 16.6. The Balaban J connectivity index is 1.74. The summed E-state index contributed by atoms with van der Waals surface area (Å²) in [6.45, 7) is 3.06. The molecule has 0 amide bonds. The van der Waals surface area contributed by atoms with Crippen molar-refractivity contribution in [1.29, 1.82) is 0 Å². The van der Waals surface area contributed by atoms with Crippen LogP contribution in [0.2, 0.25) is 0 Å². The van der Waals surface area contributed by atoms with Gasteiger partial charge in [-0.25, -0.2) is 4.79 Å². The van der Waals surface area contributed by atoms with Crippen LogP contribution >= 0.6 is 0 Å². The zero-order valence-corrected chi connectivity index (χ0v) is 13.3. The molecule has 1 aliphatic carbocycles. The summed E-state index contributed by atoms with van der Waals surface area (Å²) in [7, 11) is 0. The molecule has 1 N–H and O–H groups in total. The van der Waals surface area contributed by atoms with Gasteiger partial charge in [-0.15, -0.1) is 0 Å². The van der Waals surface area contributed by atoms with Crippen molar-refractivity contribution in [2.24, 2.45) is 11.8 Å². The molecule has 1 aromatic carbocycles. The number of benzene rings is 1. The molecule has 0 saturated heterocycles. The Kier molecular flexibility index (Phi) is 6.50. The summed E-state index contributed by atoms with van der Waals surface area (Å²) in [6, 6.07) is 7.58. The lowest BCUT2D eigenvalue weighted by atomic mass is 9.80. The molecule has 0 heterocycles. The Morgan fingerprint density at radius 1 is 1.18 bits per heavy atom. The highest BCUT2D eigenvalue weighted by Crippen LogP contribution is 2.31. The van der Waals surface area contributed by atoms with E-state index < -0.39 is 5.97 Å². The molecule has 0 unspecified atom stereocenters. The average Bonchev–Trinajstić information content (AvgIpc) is 2.53. The van der Waals surface area contributed by atoms with E-state index >= 15 is 0 Å². The summed E-state index contributed by atoms with van der Waals surface area (Å²) in [5, 5.41) is 8.60. The van der Waals surface area contributed by atoms with Crippen molar-refractivity contribution in [2.45, 2.75) is 45.4 Å². The molecule has 0 spiro atoms. The minimum atomic E-state index is -0.931.